The number of halogens is 1. The van der Waals surface area contributed by atoms with Gasteiger partial charge in [0.15, 0.2) is 5.82 Å². The predicted molar refractivity (Wildman–Crippen MR) is 193 cm³/mol. The van der Waals surface area contributed by atoms with E-state index in [9.17, 15) is 9.59 Å². The molecule has 1 aromatic carbocycles. The minimum absolute atomic E-state index is 0.0106. The Kier molecular flexibility index (Phi) is 8.10. The molecule has 50 heavy (non-hydrogen) atoms. The van der Waals surface area contributed by atoms with Crippen LogP contribution in [0.3, 0.4) is 0 Å². The molecule has 0 unspecified atom stereocenters. The van der Waals surface area contributed by atoms with Crippen molar-refractivity contribution in [2.45, 2.75) is 83.0 Å². The Morgan fingerprint density at radius 2 is 1.90 bits per heavy atom. The highest BCUT2D eigenvalue weighted by molar-refractivity contribution is 6.29. The maximum atomic E-state index is 13.9. The Balaban J connectivity index is 1.20. The number of nitrogens with one attached hydrogen (secondary N) is 1. The van der Waals surface area contributed by atoms with E-state index in [4.69, 9.17) is 32.0 Å². The molecule has 3 atom stereocenters. The highest BCUT2D eigenvalue weighted by atomic mass is 35.5. The molecule has 1 aliphatic carbocycles. The maximum absolute atomic E-state index is 13.9. The topological polar surface area (TPSA) is 133 Å². The van der Waals surface area contributed by atoms with Crippen molar-refractivity contribution in [2.24, 2.45) is 18.7 Å². The molecule has 4 aromatic heterocycles. The molecule has 3 aliphatic rings. The molecule has 1 saturated carbocycles. The van der Waals surface area contributed by atoms with Crippen molar-refractivity contribution in [3.8, 4) is 17.3 Å². The van der Waals surface area contributed by atoms with Gasteiger partial charge in [0.05, 0.1) is 40.8 Å². The third-order valence-corrected chi connectivity index (χ3v) is 11.3. The van der Waals surface area contributed by atoms with Crippen molar-refractivity contribution in [3.05, 3.63) is 70.1 Å². The molecule has 0 spiro atoms. The number of fused-ring (bicyclic) bond motifs is 5. The Hall–Kier alpha value is -4.48. The smallest absolute Gasteiger partial charge is 0.254 e. The summed E-state index contributed by atoms with van der Waals surface area (Å²) in [6.07, 6.45) is 6.37. The summed E-state index contributed by atoms with van der Waals surface area (Å²) in [4.78, 5) is 44.3. The van der Waals surface area contributed by atoms with Crippen LogP contribution in [0.4, 0.5) is 0 Å². The Bertz CT molecular complexity index is 2170. The standard InChI is InChI=1S/C38H43ClN8O3/c1-38(2)31-13-10-22-18-29(46(34(22)43-31)15-7-5-6-8-27-25(36(48)44-38)12-14-32(39)41-27)35-42-28-17-23(19-30(50-4)33(28)45(35)3)37(49)47-20-26(40)21-9-11-24(47)16-21/h10,12-14,17-19,21,24,26H,5-9,11,15-16,20,40H2,1-4H3,(H,44,48)/t21-,24+,26+/m1/s1. The van der Waals surface area contributed by atoms with Crippen molar-refractivity contribution >= 4 is 45.5 Å². The highest BCUT2D eigenvalue weighted by Crippen LogP contribution is 2.39. The lowest BCUT2D eigenvalue weighted by Gasteiger charge is -2.37. The van der Waals surface area contributed by atoms with Crippen molar-refractivity contribution in [2.75, 3.05) is 13.7 Å². The van der Waals surface area contributed by atoms with Crippen LogP contribution in [-0.4, -0.2) is 66.5 Å². The van der Waals surface area contributed by atoms with E-state index in [0.717, 1.165) is 78.8 Å². The summed E-state index contributed by atoms with van der Waals surface area (Å²) in [5.41, 5.74) is 11.5. The van der Waals surface area contributed by atoms with Gasteiger partial charge < -0.3 is 29.8 Å². The van der Waals surface area contributed by atoms with E-state index in [0.29, 0.717) is 52.1 Å². The molecule has 2 fully saturated rings. The second-order valence-electron chi connectivity index (χ2n) is 14.7. The van der Waals surface area contributed by atoms with Gasteiger partial charge in [0, 0.05) is 43.2 Å². The number of piperidine rings is 1. The van der Waals surface area contributed by atoms with E-state index in [-0.39, 0.29) is 23.9 Å². The first-order valence-corrected chi connectivity index (χ1v) is 18.0. The van der Waals surface area contributed by atoms with Crippen molar-refractivity contribution in [1.29, 1.82) is 0 Å². The molecule has 2 amide bonds. The lowest BCUT2D eigenvalue weighted by Crippen LogP contribution is -2.51. The number of likely N-dealkylation sites (tertiary alicyclic amines) is 1. The second kappa shape index (κ2) is 12.4. The molecule has 12 heteroatoms. The molecule has 4 bridgehead atoms. The lowest BCUT2D eigenvalue weighted by molar-refractivity contribution is 0.0603. The first kappa shape index (κ1) is 32.7. The van der Waals surface area contributed by atoms with Gasteiger partial charge >= 0.3 is 0 Å². The Labute approximate surface area is 296 Å². The average Bonchev–Trinajstić information content (AvgIpc) is 3.78. The fraction of sp³-hybridized carbons (Fsp3) is 0.447. The van der Waals surface area contributed by atoms with Gasteiger partial charge in [-0.25, -0.2) is 15.0 Å². The number of amides is 2. The summed E-state index contributed by atoms with van der Waals surface area (Å²) < 4.78 is 10.2. The van der Waals surface area contributed by atoms with Crippen LogP contribution in [0.15, 0.2) is 42.5 Å². The van der Waals surface area contributed by atoms with E-state index in [2.05, 4.69) is 27.0 Å². The molecular weight excluding hydrogens is 652 g/mol. The summed E-state index contributed by atoms with van der Waals surface area (Å²) >= 11 is 6.25. The van der Waals surface area contributed by atoms with Gasteiger partial charge in [-0.3, -0.25) is 9.59 Å². The minimum atomic E-state index is -0.770. The molecule has 6 heterocycles. The number of rotatable bonds is 3. The third-order valence-electron chi connectivity index (χ3n) is 11.1. The van der Waals surface area contributed by atoms with Crippen molar-refractivity contribution in [3.63, 3.8) is 0 Å². The highest BCUT2D eigenvalue weighted by Gasteiger charge is 2.41. The van der Waals surface area contributed by atoms with Gasteiger partial charge in [-0.1, -0.05) is 18.0 Å². The maximum Gasteiger partial charge on any atom is 0.254 e. The van der Waals surface area contributed by atoms with Crippen LogP contribution in [0.5, 0.6) is 5.75 Å². The van der Waals surface area contributed by atoms with Gasteiger partial charge in [-0.15, -0.1) is 0 Å². The zero-order valence-electron chi connectivity index (χ0n) is 29.0. The first-order valence-electron chi connectivity index (χ1n) is 17.6. The molecule has 2 aliphatic heterocycles. The van der Waals surface area contributed by atoms with E-state index < -0.39 is 5.54 Å². The molecule has 260 valence electrons. The summed E-state index contributed by atoms with van der Waals surface area (Å²) in [6, 6.07) is 13.6. The Morgan fingerprint density at radius 1 is 1.06 bits per heavy atom. The van der Waals surface area contributed by atoms with Crippen LogP contribution < -0.4 is 15.8 Å². The van der Waals surface area contributed by atoms with Crippen LogP contribution in [0.2, 0.25) is 5.15 Å². The number of carbonyl (C=O) groups is 2. The zero-order valence-corrected chi connectivity index (χ0v) is 29.8. The van der Waals surface area contributed by atoms with Gasteiger partial charge in [-0.05, 0) is 101 Å². The number of imidazole rings is 1. The van der Waals surface area contributed by atoms with Crippen LogP contribution in [-0.2, 0) is 25.6 Å². The minimum Gasteiger partial charge on any atom is -0.494 e. The molecule has 5 aromatic rings. The van der Waals surface area contributed by atoms with E-state index in [1.807, 2.05) is 48.6 Å². The van der Waals surface area contributed by atoms with E-state index in [1.54, 1.807) is 19.2 Å². The Morgan fingerprint density at radius 3 is 2.72 bits per heavy atom. The largest absolute Gasteiger partial charge is 0.494 e. The van der Waals surface area contributed by atoms with Crippen LogP contribution in [0, 0.1) is 5.92 Å². The second-order valence-corrected chi connectivity index (χ2v) is 15.1. The number of ether oxygens (including phenoxy) is 1. The molecule has 3 N–H and O–H groups in total. The first-order chi connectivity index (χ1) is 24.0. The normalized spacial score (nSPS) is 22.1. The number of carbonyl (C=O) groups excluding carboxylic acids is 2. The van der Waals surface area contributed by atoms with Gasteiger partial charge in [0.2, 0.25) is 0 Å². The molecule has 1 saturated heterocycles. The fourth-order valence-corrected chi connectivity index (χ4v) is 8.50. The summed E-state index contributed by atoms with van der Waals surface area (Å²) in [5.74, 6) is 1.63. The van der Waals surface area contributed by atoms with Gasteiger partial charge in [-0.2, -0.15) is 0 Å². The number of nitrogens with zero attached hydrogens (tertiary/aromatic N) is 6. The quantitative estimate of drug-likeness (QED) is 0.222. The predicted octanol–water partition coefficient (Wildman–Crippen LogP) is 5.99. The average molecular weight is 695 g/mol. The monoisotopic (exact) mass is 694 g/mol. The fourth-order valence-electron chi connectivity index (χ4n) is 8.34. The molecule has 11 nitrogen and oxygen atoms in total. The zero-order chi connectivity index (χ0) is 34.9. The van der Waals surface area contributed by atoms with Crippen molar-refractivity contribution < 1.29 is 14.3 Å². The SMILES string of the molecule is COc1cc(C(=O)N2C[C@H](N)[C@@H]3CC[C@H]2C3)cc2nc(-c3cc4ccc5nc4n3CCCCCc3nc(Cl)ccc3C(=O)NC5(C)C)n(C)c12. The summed E-state index contributed by atoms with van der Waals surface area (Å²) in [7, 11) is 3.62. The molecule has 0 radical (unpaired) electrons. The molecule has 8 rings (SSSR count). The number of pyridine rings is 2. The number of methoxy groups -OCH3 is 1. The van der Waals surface area contributed by atoms with Gasteiger partial charge in [0.25, 0.3) is 11.8 Å². The number of aromatic nitrogens is 5. The van der Waals surface area contributed by atoms with Crippen LogP contribution in [0.1, 0.15) is 84.5 Å². The van der Waals surface area contributed by atoms with Crippen molar-refractivity contribution in [1.82, 2.24) is 34.3 Å². The third kappa shape index (κ3) is 5.51. The number of aryl methyl sites for hydroxylation is 3. The van der Waals surface area contributed by atoms with E-state index in [1.165, 1.54) is 0 Å². The van der Waals surface area contributed by atoms with E-state index >= 15 is 0 Å². The number of nitrogens with two attached hydrogens (primary N) is 1. The number of hydrogen-bond acceptors (Lipinski definition) is 7. The lowest BCUT2D eigenvalue weighted by atomic mass is 9.94. The number of hydrogen-bond donors (Lipinski definition) is 2. The molecular formula is C38H43ClN8O3. The summed E-state index contributed by atoms with van der Waals surface area (Å²) in [5, 5.41) is 4.55. The van der Waals surface area contributed by atoms with Crippen LogP contribution >= 0.6 is 11.6 Å². The summed E-state index contributed by atoms with van der Waals surface area (Å²) in [6.45, 7) is 5.22. The number of benzene rings is 1. The van der Waals surface area contributed by atoms with Gasteiger partial charge in [0.1, 0.15) is 22.1 Å². The van der Waals surface area contributed by atoms with Crippen LogP contribution in [0.25, 0.3) is 33.6 Å².